The number of thiol groups is 1. The molecule has 0 saturated carbocycles. The number of nitrogens with one attached hydrogen (secondary N) is 2. The van der Waals surface area contributed by atoms with Gasteiger partial charge in [0.1, 0.15) is 0 Å². The zero-order chi connectivity index (χ0) is 15.2. The molecule has 0 atom stereocenters. The topological polar surface area (TPSA) is 58.2 Å². The molecule has 0 fully saturated rings. The van der Waals surface area contributed by atoms with E-state index in [2.05, 4.69) is 36.4 Å². The van der Waals surface area contributed by atoms with Crippen molar-refractivity contribution in [2.75, 3.05) is 13.1 Å². The van der Waals surface area contributed by atoms with Crippen molar-refractivity contribution in [2.45, 2.75) is 32.4 Å². The van der Waals surface area contributed by atoms with Crippen LogP contribution in [0.25, 0.3) is 0 Å². The van der Waals surface area contributed by atoms with E-state index in [1.54, 1.807) is 13.8 Å². The second-order valence-electron chi connectivity index (χ2n) is 5.33. The summed E-state index contributed by atoms with van der Waals surface area (Å²) in [4.78, 5) is 23.0. The second kappa shape index (κ2) is 7.38. The predicted octanol–water partition coefficient (Wildman–Crippen LogP) is 1.70. The molecule has 0 aliphatic heterocycles. The van der Waals surface area contributed by atoms with E-state index in [1.165, 1.54) is 0 Å². The minimum atomic E-state index is -0.329. The largest absolute Gasteiger partial charge is 0.352 e. The van der Waals surface area contributed by atoms with Crippen LogP contribution < -0.4 is 10.6 Å². The first-order valence-electron chi connectivity index (χ1n) is 6.15. The first kappa shape index (κ1) is 17.8. The van der Waals surface area contributed by atoms with Crippen molar-refractivity contribution in [3.05, 3.63) is 24.3 Å². The first-order valence-corrected chi connectivity index (χ1v) is 6.60. The molecule has 0 bridgehead atoms. The molecule has 108 valence electrons. The molecule has 5 heteroatoms. The maximum Gasteiger partial charge on any atom is 0.246 e. The Labute approximate surface area is 121 Å². The highest BCUT2D eigenvalue weighted by molar-refractivity contribution is 7.81. The van der Waals surface area contributed by atoms with Crippen molar-refractivity contribution in [1.29, 1.82) is 0 Å². The summed E-state index contributed by atoms with van der Waals surface area (Å²) in [5.74, 6) is -0.370. The van der Waals surface area contributed by atoms with Gasteiger partial charge in [0.15, 0.2) is 0 Å². The van der Waals surface area contributed by atoms with Gasteiger partial charge >= 0.3 is 0 Å². The number of hydrogen-bond acceptors (Lipinski definition) is 3. The molecule has 0 spiro atoms. The van der Waals surface area contributed by atoms with Crippen LogP contribution in [0, 0.1) is 5.92 Å². The maximum atomic E-state index is 11.5. The molecule has 2 amide bonds. The van der Waals surface area contributed by atoms with Crippen LogP contribution in [0.5, 0.6) is 0 Å². The fraction of sp³-hybridized carbons (Fsp3) is 0.571. The first-order chi connectivity index (χ1) is 8.55. The van der Waals surface area contributed by atoms with Gasteiger partial charge in [0.25, 0.3) is 0 Å². The fourth-order valence-electron chi connectivity index (χ4n) is 1.31. The molecule has 0 aliphatic rings. The van der Waals surface area contributed by atoms with Gasteiger partial charge in [-0.3, -0.25) is 9.59 Å². The third kappa shape index (κ3) is 7.06. The van der Waals surface area contributed by atoms with Gasteiger partial charge in [-0.15, -0.1) is 0 Å². The second-order valence-corrected chi connectivity index (χ2v) is 6.48. The summed E-state index contributed by atoms with van der Waals surface area (Å²) in [7, 11) is 0. The molecule has 0 aromatic heterocycles. The molecular weight excluding hydrogens is 260 g/mol. The van der Waals surface area contributed by atoms with E-state index in [9.17, 15) is 9.59 Å². The van der Waals surface area contributed by atoms with Gasteiger partial charge in [0.2, 0.25) is 11.8 Å². The van der Waals surface area contributed by atoms with Crippen molar-refractivity contribution in [1.82, 2.24) is 10.6 Å². The number of rotatable bonds is 7. The van der Waals surface area contributed by atoms with Crippen LogP contribution in [-0.2, 0) is 9.59 Å². The molecule has 2 N–H and O–H groups in total. The highest BCUT2D eigenvalue weighted by Gasteiger charge is 2.26. The van der Waals surface area contributed by atoms with Crippen LogP contribution in [-0.4, -0.2) is 29.7 Å². The van der Waals surface area contributed by atoms with E-state index in [4.69, 9.17) is 0 Å². The summed E-state index contributed by atoms with van der Waals surface area (Å²) in [5.41, 5.74) is 0.920. The number of hydrogen-bond donors (Lipinski definition) is 3. The summed E-state index contributed by atoms with van der Waals surface area (Å²) in [6.45, 7) is 15.2. The zero-order valence-corrected chi connectivity index (χ0v) is 13.1. The normalized spacial score (nSPS) is 11.1. The molecular formula is C14H24N2O2S. The van der Waals surface area contributed by atoms with Crippen LogP contribution >= 0.6 is 12.6 Å². The van der Waals surface area contributed by atoms with Crippen molar-refractivity contribution in [3.8, 4) is 0 Å². The Hall–Kier alpha value is -1.23. The van der Waals surface area contributed by atoms with Gasteiger partial charge in [0, 0.05) is 34.9 Å². The van der Waals surface area contributed by atoms with Gasteiger partial charge in [-0.2, -0.15) is 12.6 Å². The van der Waals surface area contributed by atoms with Crippen LogP contribution in [0.4, 0.5) is 0 Å². The SMILES string of the molecule is C=C(C)C(=O)NCC(CNC(=O)C(=C)C)C(C)(C)S. The minimum Gasteiger partial charge on any atom is -0.352 e. The summed E-state index contributed by atoms with van der Waals surface area (Å²) < 4.78 is -0.329. The number of carbonyl (C=O) groups excluding carboxylic acids is 2. The lowest BCUT2D eigenvalue weighted by atomic mass is 9.94. The summed E-state index contributed by atoms with van der Waals surface area (Å²) in [6, 6.07) is 0. The monoisotopic (exact) mass is 284 g/mol. The maximum absolute atomic E-state index is 11.5. The molecule has 0 rings (SSSR count). The molecule has 0 aromatic rings. The van der Waals surface area contributed by atoms with Crippen LogP contribution in [0.3, 0.4) is 0 Å². The quantitative estimate of drug-likeness (QED) is 0.492. The molecule has 0 unspecified atom stereocenters. The van der Waals surface area contributed by atoms with Gasteiger partial charge in [-0.05, 0) is 13.8 Å². The summed E-state index contributed by atoms with van der Waals surface area (Å²) in [6.07, 6.45) is 0. The Balaban J connectivity index is 4.50. The molecule has 19 heavy (non-hydrogen) atoms. The Morgan fingerprint density at radius 1 is 1.05 bits per heavy atom. The lowest BCUT2D eigenvalue weighted by Crippen LogP contribution is -2.44. The summed E-state index contributed by atoms with van der Waals surface area (Å²) in [5, 5.41) is 5.56. The van der Waals surface area contributed by atoms with Crippen molar-refractivity contribution < 1.29 is 9.59 Å². The highest BCUT2D eigenvalue weighted by Crippen LogP contribution is 2.23. The molecule has 0 aromatic carbocycles. The van der Waals surface area contributed by atoms with Gasteiger partial charge < -0.3 is 10.6 Å². The third-order valence-electron chi connectivity index (χ3n) is 2.79. The minimum absolute atomic E-state index is 0.00225. The highest BCUT2D eigenvalue weighted by atomic mass is 32.1. The van der Waals surface area contributed by atoms with Crippen LogP contribution in [0.1, 0.15) is 27.7 Å². The number of carbonyl (C=O) groups is 2. The van der Waals surface area contributed by atoms with E-state index in [0.717, 1.165) is 0 Å². The molecule has 0 radical (unpaired) electrons. The third-order valence-corrected chi connectivity index (χ3v) is 3.16. The lowest BCUT2D eigenvalue weighted by Gasteiger charge is -2.30. The summed E-state index contributed by atoms with van der Waals surface area (Å²) >= 11 is 4.51. The Kier molecular flexibility index (Phi) is 6.90. The zero-order valence-electron chi connectivity index (χ0n) is 12.2. The Morgan fingerprint density at radius 2 is 1.37 bits per heavy atom. The Morgan fingerprint density at radius 3 is 1.58 bits per heavy atom. The smallest absolute Gasteiger partial charge is 0.246 e. The molecule has 0 saturated heterocycles. The van der Waals surface area contributed by atoms with Crippen molar-refractivity contribution in [2.24, 2.45) is 5.92 Å². The van der Waals surface area contributed by atoms with E-state index in [0.29, 0.717) is 24.2 Å². The van der Waals surface area contributed by atoms with Crippen LogP contribution in [0.2, 0.25) is 0 Å². The Bertz CT molecular complexity index is 353. The standard InChI is InChI=1S/C14H24N2O2S/c1-9(2)12(17)15-7-11(14(5,6)19)8-16-13(18)10(3)4/h11,19H,1,3,7-8H2,2,4-6H3,(H,15,17)(H,16,18). The van der Waals surface area contributed by atoms with E-state index < -0.39 is 0 Å². The fourth-order valence-corrected chi connectivity index (χ4v) is 1.49. The lowest BCUT2D eigenvalue weighted by molar-refractivity contribution is -0.117. The van der Waals surface area contributed by atoms with Gasteiger partial charge in [-0.25, -0.2) is 0 Å². The van der Waals surface area contributed by atoms with E-state index >= 15 is 0 Å². The van der Waals surface area contributed by atoms with Crippen molar-refractivity contribution >= 4 is 24.4 Å². The average molecular weight is 284 g/mol. The van der Waals surface area contributed by atoms with E-state index in [1.807, 2.05) is 13.8 Å². The van der Waals surface area contributed by atoms with Gasteiger partial charge in [0.05, 0.1) is 0 Å². The molecule has 0 aliphatic carbocycles. The average Bonchev–Trinajstić information content (AvgIpc) is 2.25. The van der Waals surface area contributed by atoms with Crippen LogP contribution in [0.15, 0.2) is 24.3 Å². The van der Waals surface area contributed by atoms with Crippen molar-refractivity contribution in [3.63, 3.8) is 0 Å². The predicted molar refractivity (Wildman–Crippen MR) is 82.2 cm³/mol. The number of amides is 2. The molecule has 4 nitrogen and oxygen atoms in total. The van der Waals surface area contributed by atoms with Gasteiger partial charge in [-0.1, -0.05) is 27.0 Å². The van der Waals surface area contributed by atoms with E-state index in [-0.39, 0.29) is 22.5 Å². The molecule has 0 heterocycles.